The molecule has 1 aliphatic rings. The van der Waals surface area contributed by atoms with Crippen molar-refractivity contribution in [2.24, 2.45) is 0 Å². The van der Waals surface area contributed by atoms with Crippen molar-refractivity contribution in [1.82, 2.24) is 0 Å². The van der Waals surface area contributed by atoms with Gasteiger partial charge in [-0.3, -0.25) is 4.79 Å². The maximum absolute atomic E-state index is 10.2. The average Bonchev–Trinajstić information content (AvgIpc) is 2.60. The van der Waals surface area contributed by atoms with Gasteiger partial charge in [-0.1, -0.05) is 50.3 Å². The number of likely N-dealkylation sites (N-methyl/N-ethyl adjacent to an activating group) is 1. The van der Waals surface area contributed by atoms with Crippen LogP contribution in [0.3, 0.4) is 0 Å². The van der Waals surface area contributed by atoms with Crippen LogP contribution in [0.1, 0.15) is 19.4 Å². The zero-order valence-corrected chi connectivity index (χ0v) is 11.6. The third-order valence-electron chi connectivity index (χ3n) is 3.61. The molecule has 0 aromatic heterocycles. The van der Waals surface area contributed by atoms with Crippen LogP contribution in [0.5, 0.6) is 0 Å². The Bertz CT molecular complexity index is 564. The lowest BCUT2D eigenvalue weighted by atomic mass is 9.84. The molecular weight excluding hydrogens is 234 g/mol. The summed E-state index contributed by atoms with van der Waals surface area (Å²) in [7, 11) is 2.09. The van der Waals surface area contributed by atoms with Crippen LogP contribution >= 0.6 is 0 Å². The highest BCUT2D eigenvalue weighted by atomic mass is 16.1. The van der Waals surface area contributed by atoms with E-state index in [9.17, 15) is 4.79 Å². The minimum Gasteiger partial charge on any atom is -0.347 e. The maximum atomic E-state index is 10.2. The van der Waals surface area contributed by atoms with Gasteiger partial charge in [0.1, 0.15) is 6.29 Å². The molecule has 0 amide bonds. The summed E-state index contributed by atoms with van der Waals surface area (Å²) in [5.41, 5.74) is 3.87. The van der Waals surface area contributed by atoms with Crippen molar-refractivity contribution in [1.29, 1.82) is 0 Å². The first kappa shape index (κ1) is 13.3. The van der Waals surface area contributed by atoms with Crippen molar-refractivity contribution in [3.63, 3.8) is 0 Å². The Morgan fingerprint density at radius 3 is 2.42 bits per heavy atom. The smallest absolute Gasteiger partial charge is 0.142 e. The van der Waals surface area contributed by atoms with Gasteiger partial charge in [0.25, 0.3) is 0 Å². The van der Waals surface area contributed by atoms with Crippen molar-refractivity contribution >= 4 is 12.0 Å². The molecule has 1 aliphatic heterocycles. The predicted octanol–water partition coefficient (Wildman–Crippen LogP) is 3.61. The Hall–Kier alpha value is -2.09. The fourth-order valence-electron chi connectivity index (χ4n) is 2.62. The number of aldehydes is 1. The van der Waals surface area contributed by atoms with Crippen molar-refractivity contribution in [2.75, 3.05) is 11.9 Å². The highest BCUT2D eigenvalue weighted by Gasteiger charge is 2.37. The Morgan fingerprint density at radius 1 is 1.05 bits per heavy atom. The van der Waals surface area contributed by atoms with E-state index in [2.05, 4.69) is 56.1 Å². The topological polar surface area (TPSA) is 20.3 Å². The van der Waals surface area contributed by atoms with Crippen molar-refractivity contribution < 1.29 is 4.79 Å². The van der Waals surface area contributed by atoms with E-state index in [0.29, 0.717) is 0 Å². The van der Waals surface area contributed by atoms with Gasteiger partial charge in [0.05, 0.1) is 0 Å². The second-order valence-electron chi connectivity index (χ2n) is 5.16. The van der Waals surface area contributed by atoms with Crippen LogP contribution in [0.15, 0.2) is 60.3 Å². The molecule has 2 rings (SSSR count). The van der Waals surface area contributed by atoms with Crippen LogP contribution in [0, 0.1) is 0 Å². The molecule has 98 valence electrons. The van der Waals surface area contributed by atoms with Crippen LogP contribution in [0.25, 0.3) is 0 Å². The quantitative estimate of drug-likeness (QED) is 0.466. The van der Waals surface area contributed by atoms with Gasteiger partial charge < -0.3 is 4.90 Å². The molecule has 0 saturated heterocycles. The minimum absolute atomic E-state index is 0.00402. The van der Waals surface area contributed by atoms with E-state index in [1.165, 1.54) is 23.0 Å². The first-order chi connectivity index (χ1) is 9.09. The zero-order chi connectivity index (χ0) is 13.9. The minimum atomic E-state index is 0.00402. The first-order valence-electron chi connectivity index (χ1n) is 6.41. The summed E-state index contributed by atoms with van der Waals surface area (Å²) in [5, 5.41) is 0. The molecule has 1 heterocycles. The molecular formula is C17H19NO. The molecule has 0 aliphatic carbocycles. The maximum Gasteiger partial charge on any atom is 0.142 e. The van der Waals surface area contributed by atoms with Crippen LogP contribution in [-0.4, -0.2) is 13.3 Å². The average molecular weight is 253 g/mol. The van der Waals surface area contributed by atoms with Gasteiger partial charge >= 0.3 is 0 Å². The number of hydrogen-bond acceptors (Lipinski definition) is 2. The van der Waals surface area contributed by atoms with Gasteiger partial charge in [-0.2, -0.15) is 0 Å². The predicted molar refractivity (Wildman–Crippen MR) is 80.3 cm³/mol. The first-order valence-corrected chi connectivity index (χ1v) is 6.41. The lowest BCUT2D eigenvalue weighted by Gasteiger charge is -2.23. The third kappa shape index (κ3) is 2.39. The Morgan fingerprint density at radius 2 is 1.74 bits per heavy atom. The summed E-state index contributed by atoms with van der Waals surface area (Å²) >= 11 is 0. The normalized spacial score (nSPS) is 19.5. The van der Waals surface area contributed by atoms with Crippen LogP contribution < -0.4 is 4.90 Å². The molecule has 0 atom stereocenters. The molecule has 0 radical (unpaired) electrons. The van der Waals surface area contributed by atoms with Gasteiger partial charge in [0, 0.05) is 23.8 Å². The number of allylic oxidation sites excluding steroid dienone is 6. The Kier molecular flexibility index (Phi) is 3.70. The third-order valence-corrected chi connectivity index (χ3v) is 3.61. The van der Waals surface area contributed by atoms with Gasteiger partial charge in [0.2, 0.25) is 0 Å². The Balaban J connectivity index is 2.34. The van der Waals surface area contributed by atoms with Gasteiger partial charge in [-0.15, -0.1) is 0 Å². The molecule has 0 spiro atoms. The number of hydrogen-bond donors (Lipinski definition) is 0. The summed E-state index contributed by atoms with van der Waals surface area (Å²) in [6, 6.07) is 8.48. The molecule has 0 unspecified atom stereocenters. The monoisotopic (exact) mass is 253 g/mol. The molecule has 1 aromatic carbocycles. The van der Waals surface area contributed by atoms with Gasteiger partial charge in [0.15, 0.2) is 0 Å². The van der Waals surface area contributed by atoms with Crippen LogP contribution in [-0.2, 0) is 10.2 Å². The number of rotatable bonds is 3. The number of carbonyl (C=O) groups excluding carboxylic acids is 1. The summed E-state index contributed by atoms with van der Waals surface area (Å²) in [5.74, 6) is 0. The number of para-hydroxylation sites is 1. The second-order valence-corrected chi connectivity index (χ2v) is 5.16. The van der Waals surface area contributed by atoms with Crippen LogP contribution in [0.2, 0.25) is 0 Å². The summed E-state index contributed by atoms with van der Waals surface area (Å²) in [6.07, 6.45) is 9.94. The fourth-order valence-corrected chi connectivity index (χ4v) is 2.62. The van der Waals surface area contributed by atoms with Crippen LogP contribution in [0.4, 0.5) is 5.69 Å². The van der Waals surface area contributed by atoms with E-state index in [4.69, 9.17) is 0 Å². The molecule has 0 fully saturated rings. The number of nitrogens with zero attached hydrogens (tertiary/aromatic N) is 1. The van der Waals surface area contributed by atoms with Gasteiger partial charge in [-0.25, -0.2) is 0 Å². The highest BCUT2D eigenvalue weighted by Crippen LogP contribution is 2.46. The van der Waals surface area contributed by atoms with Crippen molar-refractivity contribution in [2.45, 2.75) is 19.3 Å². The largest absolute Gasteiger partial charge is 0.347 e. The molecule has 0 N–H and O–H groups in total. The van der Waals surface area contributed by atoms with E-state index in [-0.39, 0.29) is 5.41 Å². The molecule has 19 heavy (non-hydrogen) atoms. The number of carbonyl (C=O) groups is 1. The Labute approximate surface area is 114 Å². The SMILES string of the molecule is CN1/C(=C/C=C/C=C/C=O)C(C)(C)c2ccccc21. The number of anilines is 1. The molecule has 2 heteroatoms. The number of benzene rings is 1. The van der Waals surface area contributed by atoms with Gasteiger partial charge in [-0.05, 0) is 23.8 Å². The summed E-state index contributed by atoms with van der Waals surface area (Å²) in [6.45, 7) is 4.46. The number of fused-ring (bicyclic) bond motifs is 1. The molecule has 1 aromatic rings. The zero-order valence-electron chi connectivity index (χ0n) is 11.6. The van der Waals surface area contributed by atoms with E-state index < -0.39 is 0 Å². The van der Waals surface area contributed by atoms with E-state index in [1.54, 1.807) is 6.08 Å². The summed E-state index contributed by atoms with van der Waals surface area (Å²) in [4.78, 5) is 12.4. The second kappa shape index (κ2) is 5.27. The standard InChI is InChI=1S/C17H19NO/c1-17(2)14-10-7-8-11-15(14)18(3)16(17)12-6-4-5-9-13-19/h4-13H,1-3H3/b6-4+,9-5+,16-12+. The fraction of sp³-hybridized carbons (Fsp3) is 0.235. The molecule has 2 nitrogen and oxygen atoms in total. The molecule has 0 saturated carbocycles. The lowest BCUT2D eigenvalue weighted by molar-refractivity contribution is -0.104. The van der Waals surface area contributed by atoms with E-state index in [1.807, 2.05) is 12.2 Å². The van der Waals surface area contributed by atoms with Crippen molar-refractivity contribution in [3.8, 4) is 0 Å². The van der Waals surface area contributed by atoms with E-state index >= 15 is 0 Å². The molecule has 0 bridgehead atoms. The summed E-state index contributed by atoms with van der Waals surface area (Å²) < 4.78 is 0. The highest BCUT2D eigenvalue weighted by molar-refractivity contribution is 5.70. The van der Waals surface area contributed by atoms with Crippen molar-refractivity contribution in [3.05, 3.63) is 65.9 Å². The lowest BCUT2D eigenvalue weighted by Crippen LogP contribution is -2.22. The van der Waals surface area contributed by atoms with E-state index in [0.717, 1.165) is 6.29 Å².